The van der Waals surface area contributed by atoms with Gasteiger partial charge in [0.05, 0.1) is 11.0 Å². The zero-order chi connectivity index (χ0) is 12.0. The van der Waals surface area contributed by atoms with Gasteiger partial charge in [-0.3, -0.25) is 0 Å². The Kier molecular flexibility index (Phi) is 5.76. The van der Waals surface area contributed by atoms with Crippen LogP contribution in [0.1, 0.15) is 52.4 Å². The lowest BCUT2D eigenvalue weighted by Crippen LogP contribution is -2.27. The average Bonchev–Trinajstić information content (AvgIpc) is 2.71. The SMILES string of the molecule is CCNC(C)CCCS(=O)(=O)C1CCCC1. The molecule has 0 spiro atoms. The Morgan fingerprint density at radius 3 is 2.50 bits per heavy atom. The van der Waals surface area contributed by atoms with Crippen LogP contribution in [0.4, 0.5) is 0 Å². The molecule has 0 amide bonds. The van der Waals surface area contributed by atoms with Gasteiger partial charge in [-0.05, 0) is 39.2 Å². The lowest BCUT2D eigenvalue weighted by molar-refractivity contribution is 0.519. The van der Waals surface area contributed by atoms with Crippen molar-refractivity contribution in [2.45, 2.75) is 63.7 Å². The monoisotopic (exact) mass is 247 g/mol. The van der Waals surface area contributed by atoms with Crippen LogP contribution in [0.25, 0.3) is 0 Å². The van der Waals surface area contributed by atoms with Crippen molar-refractivity contribution in [3.63, 3.8) is 0 Å². The van der Waals surface area contributed by atoms with Crippen LogP contribution in [-0.4, -0.2) is 32.0 Å². The highest BCUT2D eigenvalue weighted by Crippen LogP contribution is 2.25. The minimum Gasteiger partial charge on any atom is -0.315 e. The number of sulfone groups is 1. The second-order valence-corrected chi connectivity index (χ2v) is 7.28. The molecule has 0 heterocycles. The van der Waals surface area contributed by atoms with E-state index in [4.69, 9.17) is 0 Å². The van der Waals surface area contributed by atoms with Gasteiger partial charge in [-0.25, -0.2) is 8.42 Å². The average molecular weight is 247 g/mol. The molecule has 1 unspecified atom stereocenters. The van der Waals surface area contributed by atoms with E-state index in [0.717, 1.165) is 45.1 Å². The summed E-state index contributed by atoms with van der Waals surface area (Å²) < 4.78 is 23.9. The van der Waals surface area contributed by atoms with Gasteiger partial charge in [-0.2, -0.15) is 0 Å². The first-order valence-corrected chi connectivity index (χ1v) is 8.22. The van der Waals surface area contributed by atoms with Gasteiger partial charge in [-0.15, -0.1) is 0 Å². The molecule has 3 nitrogen and oxygen atoms in total. The molecule has 1 aliphatic carbocycles. The van der Waals surface area contributed by atoms with E-state index in [1.54, 1.807) is 0 Å². The van der Waals surface area contributed by atoms with Crippen LogP contribution in [0.15, 0.2) is 0 Å². The van der Waals surface area contributed by atoms with Crippen molar-refractivity contribution in [2.75, 3.05) is 12.3 Å². The summed E-state index contributed by atoms with van der Waals surface area (Å²) in [5, 5.41) is 3.28. The lowest BCUT2D eigenvalue weighted by Gasteiger charge is -2.14. The van der Waals surface area contributed by atoms with Crippen molar-refractivity contribution in [3.8, 4) is 0 Å². The normalized spacial score (nSPS) is 20.1. The van der Waals surface area contributed by atoms with Gasteiger partial charge in [0.1, 0.15) is 0 Å². The molecule has 1 saturated carbocycles. The summed E-state index contributed by atoms with van der Waals surface area (Å²) in [6, 6.07) is 0.434. The first-order chi connectivity index (χ1) is 7.56. The highest BCUT2D eigenvalue weighted by Gasteiger charge is 2.27. The molecule has 0 aromatic carbocycles. The smallest absolute Gasteiger partial charge is 0.153 e. The molecule has 1 fully saturated rings. The Bertz CT molecular complexity index is 281. The second kappa shape index (κ2) is 6.60. The van der Waals surface area contributed by atoms with Gasteiger partial charge in [0, 0.05) is 6.04 Å². The van der Waals surface area contributed by atoms with Crippen LogP contribution in [0.2, 0.25) is 0 Å². The van der Waals surface area contributed by atoms with E-state index in [-0.39, 0.29) is 5.25 Å². The van der Waals surface area contributed by atoms with Gasteiger partial charge in [0.15, 0.2) is 9.84 Å². The van der Waals surface area contributed by atoms with E-state index >= 15 is 0 Å². The molecule has 0 aromatic heterocycles. The Morgan fingerprint density at radius 2 is 1.94 bits per heavy atom. The first kappa shape index (κ1) is 14.0. The molecular formula is C12H25NO2S. The number of rotatable bonds is 7. The molecule has 1 rings (SSSR count). The molecule has 0 aliphatic heterocycles. The third-order valence-electron chi connectivity index (χ3n) is 3.43. The summed E-state index contributed by atoms with van der Waals surface area (Å²) in [6.45, 7) is 5.15. The fourth-order valence-electron chi connectivity index (χ4n) is 2.46. The van der Waals surface area contributed by atoms with E-state index in [2.05, 4.69) is 19.2 Å². The van der Waals surface area contributed by atoms with E-state index in [1.807, 2.05) is 0 Å². The second-order valence-electron chi connectivity index (χ2n) is 4.87. The van der Waals surface area contributed by atoms with Gasteiger partial charge < -0.3 is 5.32 Å². The Hall–Kier alpha value is -0.0900. The molecule has 0 bridgehead atoms. The van der Waals surface area contributed by atoms with Crippen LogP contribution >= 0.6 is 0 Å². The van der Waals surface area contributed by atoms with Crippen molar-refractivity contribution in [2.24, 2.45) is 0 Å². The molecule has 96 valence electrons. The fourth-order valence-corrected chi connectivity index (χ4v) is 4.41. The zero-order valence-corrected chi connectivity index (χ0v) is 11.4. The van der Waals surface area contributed by atoms with Crippen molar-refractivity contribution in [3.05, 3.63) is 0 Å². The van der Waals surface area contributed by atoms with Crippen LogP contribution in [-0.2, 0) is 9.84 Å². The standard InChI is InChI=1S/C12H25NO2S/c1-3-13-11(2)7-6-10-16(14,15)12-8-4-5-9-12/h11-13H,3-10H2,1-2H3. The van der Waals surface area contributed by atoms with Gasteiger partial charge in [-0.1, -0.05) is 19.8 Å². The number of hydrogen-bond donors (Lipinski definition) is 1. The molecule has 1 aliphatic rings. The van der Waals surface area contributed by atoms with Gasteiger partial charge in [0.25, 0.3) is 0 Å². The zero-order valence-electron chi connectivity index (χ0n) is 10.5. The minimum atomic E-state index is -2.80. The van der Waals surface area contributed by atoms with E-state index < -0.39 is 9.84 Å². The number of hydrogen-bond acceptors (Lipinski definition) is 3. The van der Waals surface area contributed by atoms with E-state index in [1.165, 1.54) is 0 Å². The Labute approximate surface area is 99.9 Å². The lowest BCUT2D eigenvalue weighted by atomic mass is 10.2. The van der Waals surface area contributed by atoms with E-state index in [0.29, 0.717) is 11.8 Å². The van der Waals surface area contributed by atoms with Crippen molar-refractivity contribution < 1.29 is 8.42 Å². The van der Waals surface area contributed by atoms with Crippen LogP contribution in [0.3, 0.4) is 0 Å². The molecular weight excluding hydrogens is 222 g/mol. The third-order valence-corrected chi connectivity index (χ3v) is 5.77. The summed E-state index contributed by atoms with van der Waals surface area (Å²) in [7, 11) is -2.80. The molecule has 1 N–H and O–H groups in total. The largest absolute Gasteiger partial charge is 0.315 e. The molecule has 0 radical (unpaired) electrons. The van der Waals surface area contributed by atoms with Crippen LogP contribution in [0.5, 0.6) is 0 Å². The van der Waals surface area contributed by atoms with Crippen LogP contribution < -0.4 is 5.32 Å². The van der Waals surface area contributed by atoms with Crippen LogP contribution in [0, 0.1) is 0 Å². The maximum atomic E-state index is 12.0. The maximum absolute atomic E-state index is 12.0. The summed E-state index contributed by atoms with van der Waals surface area (Å²) in [5.74, 6) is 0.382. The Balaban J connectivity index is 2.25. The topological polar surface area (TPSA) is 46.2 Å². The fraction of sp³-hybridized carbons (Fsp3) is 1.00. The minimum absolute atomic E-state index is 0.0260. The maximum Gasteiger partial charge on any atom is 0.153 e. The first-order valence-electron chi connectivity index (χ1n) is 6.51. The summed E-state index contributed by atoms with van der Waals surface area (Å²) in [4.78, 5) is 0. The molecule has 16 heavy (non-hydrogen) atoms. The predicted molar refractivity (Wildman–Crippen MR) is 68.4 cm³/mol. The third kappa shape index (κ3) is 4.42. The van der Waals surface area contributed by atoms with Gasteiger partial charge >= 0.3 is 0 Å². The molecule has 0 aromatic rings. The van der Waals surface area contributed by atoms with Crippen molar-refractivity contribution in [1.29, 1.82) is 0 Å². The highest BCUT2D eigenvalue weighted by molar-refractivity contribution is 7.92. The highest BCUT2D eigenvalue weighted by atomic mass is 32.2. The van der Waals surface area contributed by atoms with Gasteiger partial charge in [0.2, 0.25) is 0 Å². The molecule has 4 heteroatoms. The molecule has 0 saturated heterocycles. The van der Waals surface area contributed by atoms with Crippen molar-refractivity contribution in [1.82, 2.24) is 5.32 Å². The summed E-state index contributed by atoms with van der Waals surface area (Å²) in [6.07, 6.45) is 5.73. The Morgan fingerprint density at radius 1 is 1.31 bits per heavy atom. The molecule has 1 atom stereocenters. The van der Waals surface area contributed by atoms with Crippen molar-refractivity contribution >= 4 is 9.84 Å². The summed E-state index contributed by atoms with van der Waals surface area (Å²) in [5.41, 5.74) is 0. The van der Waals surface area contributed by atoms with E-state index in [9.17, 15) is 8.42 Å². The number of nitrogens with one attached hydrogen (secondary N) is 1. The predicted octanol–water partition coefficient (Wildman–Crippen LogP) is 2.12. The summed E-state index contributed by atoms with van der Waals surface area (Å²) >= 11 is 0. The quantitative estimate of drug-likeness (QED) is 0.749.